The van der Waals surface area contributed by atoms with Gasteiger partial charge in [-0.1, -0.05) is 25.2 Å². The van der Waals surface area contributed by atoms with Gasteiger partial charge in [0, 0.05) is 5.70 Å². The summed E-state index contributed by atoms with van der Waals surface area (Å²) in [6.07, 6.45) is 10.1. The third-order valence-electron chi connectivity index (χ3n) is 1.54. The van der Waals surface area contributed by atoms with E-state index in [9.17, 15) is 0 Å². The second-order valence-electron chi connectivity index (χ2n) is 2.71. The third-order valence-corrected chi connectivity index (χ3v) is 1.64. The lowest BCUT2D eigenvalue weighted by molar-refractivity contribution is 0.940. The second-order valence-corrected chi connectivity index (χ2v) is 3.15. The van der Waals surface area contributed by atoms with Crippen LogP contribution in [0.4, 0.5) is 0 Å². The van der Waals surface area contributed by atoms with E-state index in [0.29, 0.717) is 11.0 Å². The van der Waals surface area contributed by atoms with Crippen molar-refractivity contribution >= 4 is 17.3 Å². The standard InChI is InChI=1S/C9H12N2S/c1-7-3-2-4-8(6-5-7)11-9(10)12/h2-7H,1H3,(H3,10,11,12). The van der Waals surface area contributed by atoms with E-state index in [-0.39, 0.29) is 0 Å². The summed E-state index contributed by atoms with van der Waals surface area (Å²) >= 11 is 4.72. The lowest BCUT2D eigenvalue weighted by Crippen LogP contribution is -2.27. The van der Waals surface area contributed by atoms with Crippen LogP contribution in [0.15, 0.2) is 36.1 Å². The van der Waals surface area contributed by atoms with Gasteiger partial charge in [-0.3, -0.25) is 0 Å². The Balaban J connectivity index is 2.67. The normalized spacial score (nSPS) is 21.4. The molecule has 0 spiro atoms. The number of nitrogens with one attached hydrogen (secondary N) is 1. The van der Waals surface area contributed by atoms with Crippen molar-refractivity contribution in [2.75, 3.05) is 0 Å². The molecule has 0 bridgehead atoms. The Hall–Kier alpha value is -1.09. The molecule has 3 heteroatoms. The summed E-state index contributed by atoms with van der Waals surface area (Å²) in [5, 5.41) is 3.17. The van der Waals surface area contributed by atoms with Gasteiger partial charge in [0.25, 0.3) is 0 Å². The van der Waals surface area contributed by atoms with Crippen LogP contribution in [-0.4, -0.2) is 5.11 Å². The molecule has 0 fully saturated rings. The van der Waals surface area contributed by atoms with Crippen molar-refractivity contribution in [1.82, 2.24) is 5.32 Å². The van der Waals surface area contributed by atoms with Crippen LogP contribution in [-0.2, 0) is 0 Å². The molecule has 0 saturated carbocycles. The molecule has 1 unspecified atom stereocenters. The predicted molar refractivity (Wildman–Crippen MR) is 55.4 cm³/mol. The van der Waals surface area contributed by atoms with Crippen molar-refractivity contribution in [2.24, 2.45) is 11.7 Å². The van der Waals surface area contributed by atoms with Crippen LogP contribution in [0.1, 0.15) is 6.92 Å². The first-order valence-corrected chi connectivity index (χ1v) is 4.22. The lowest BCUT2D eigenvalue weighted by atomic mass is 10.2. The molecule has 1 atom stereocenters. The van der Waals surface area contributed by atoms with Crippen LogP contribution >= 0.6 is 12.2 Å². The van der Waals surface area contributed by atoms with Crippen molar-refractivity contribution in [3.05, 3.63) is 36.1 Å². The minimum Gasteiger partial charge on any atom is -0.376 e. The van der Waals surface area contributed by atoms with Gasteiger partial charge in [0.15, 0.2) is 5.11 Å². The first-order valence-electron chi connectivity index (χ1n) is 3.81. The summed E-state index contributed by atoms with van der Waals surface area (Å²) in [6.45, 7) is 2.12. The fraction of sp³-hybridized carbons (Fsp3) is 0.222. The van der Waals surface area contributed by atoms with E-state index in [2.05, 4.69) is 24.4 Å². The van der Waals surface area contributed by atoms with Crippen molar-refractivity contribution < 1.29 is 0 Å². The molecule has 0 radical (unpaired) electrons. The second kappa shape index (κ2) is 4.07. The molecule has 0 heterocycles. The number of thiocarbonyl (C=S) groups is 1. The Labute approximate surface area is 77.8 Å². The summed E-state index contributed by atoms with van der Waals surface area (Å²) < 4.78 is 0. The zero-order chi connectivity index (χ0) is 8.97. The van der Waals surface area contributed by atoms with Crippen LogP contribution in [0.2, 0.25) is 0 Å². The van der Waals surface area contributed by atoms with Gasteiger partial charge in [-0.05, 0) is 30.3 Å². The first kappa shape index (κ1) is 9.00. The van der Waals surface area contributed by atoms with E-state index in [1.807, 2.05) is 18.2 Å². The van der Waals surface area contributed by atoms with Crippen LogP contribution < -0.4 is 11.1 Å². The Bertz CT molecular complexity index is 264. The van der Waals surface area contributed by atoms with E-state index in [1.165, 1.54) is 0 Å². The first-order chi connectivity index (χ1) is 5.68. The number of nitrogens with two attached hydrogens (primary N) is 1. The summed E-state index contributed by atoms with van der Waals surface area (Å²) in [5.74, 6) is 0.465. The summed E-state index contributed by atoms with van der Waals surface area (Å²) in [5.41, 5.74) is 6.26. The molecule has 12 heavy (non-hydrogen) atoms. The van der Waals surface area contributed by atoms with Gasteiger partial charge in [0.1, 0.15) is 0 Å². The molecule has 3 N–H and O–H groups in total. The van der Waals surface area contributed by atoms with Crippen molar-refractivity contribution in [3.8, 4) is 0 Å². The maximum absolute atomic E-state index is 5.33. The zero-order valence-electron chi connectivity index (χ0n) is 6.95. The van der Waals surface area contributed by atoms with Crippen LogP contribution in [0.25, 0.3) is 0 Å². The summed E-state index contributed by atoms with van der Waals surface area (Å²) in [4.78, 5) is 0. The van der Waals surface area contributed by atoms with E-state index in [1.54, 1.807) is 0 Å². The molecule has 0 aliphatic heterocycles. The van der Waals surface area contributed by atoms with Gasteiger partial charge in [-0.25, -0.2) is 0 Å². The van der Waals surface area contributed by atoms with E-state index in [0.717, 1.165) is 5.70 Å². The third kappa shape index (κ3) is 2.88. The molecule has 0 amide bonds. The topological polar surface area (TPSA) is 38.0 Å². The molecule has 0 aromatic carbocycles. The largest absolute Gasteiger partial charge is 0.376 e. The van der Waals surface area contributed by atoms with Crippen molar-refractivity contribution in [2.45, 2.75) is 6.92 Å². The van der Waals surface area contributed by atoms with Gasteiger partial charge in [0.05, 0.1) is 0 Å². The summed E-state index contributed by atoms with van der Waals surface area (Å²) in [7, 11) is 0. The smallest absolute Gasteiger partial charge is 0.168 e. The molecule has 1 aliphatic carbocycles. The minimum absolute atomic E-state index is 0.300. The Kier molecular flexibility index (Phi) is 3.05. The molecular weight excluding hydrogens is 168 g/mol. The van der Waals surface area contributed by atoms with Gasteiger partial charge in [-0.15, -0.1) is 0 Å². The SMILES string of the molecule is CC1C=CC=C(NC(N)=S)C=C1. The van der Waals surface area contributed by atoms with Gasteiger partial charge >= 0.3 is 0 Å². The Morgan fingerprint density at radius 1 is 1.58 bits per heavy atom. The predicted octanol–water partition coefficient (Wildman–Crippen LogP) is 1.47. The lowest BCUT2D eigenvalue weighted by Gasteiger charge is -2.02. The van der Waals surface area contributed by atoms with Crippen LogP contribution in [0.3, 0.4) is 0 Å². The Morgan fingerprint density at radius 3 is 3.00 bits per heavy atom. The van der Waals surface area contributed by atoms with Gasteiger partial charge in [0.2, 0.25) is 0 Å². The Morgan fingerprint density at radius 2 is 2.33 bits per heavy atom. The van der Waals surface area contributed by atoms with Gasteiger partial charge in [-0.2, -0.15) is 0 Å². The highest BCUT2D eigenvalue weighted by Gasteiger charge is 1.96. The number of hydrogen-bond acceptors (Lipinski definition) is 1. The van der Waals surface area contributed by atoms with E-state index < -0.39 is 0 Å². The van der Waals surface area contributed by atoms with Crippen molar-refractivity contribution in [1.29, 1.82) is 0 Å². The zero-order valence-corrected chi connectivity index (χ0v) is 7.77. The molecule has 64 valence electrons. The van der Waals surface area contributed by atoms with E-state index >= 15 is 0 Å². The molecule has 0 aromatic rings. The highest BCUT2D eigenvalue weighted by Crippen LogP contribution is 2.06. The van der Waals surface area contributed by atoms with E-state index in [4.69, 9.17) is 18.0 Å². The minimum atomic E-state index is 0.300. The molecule has 2 nitrogen and oxygen atoms in total. The van der Waals surface area contributed by atoms with Gasteiger partial charge < -0.3 is 11.1 Å². The maximum atomic E-state index is 5.33. The fourth-order valence-electron chi connectivity index (χ4n) is 0.935. The molecule has 0 aromatic heterocycles. The quantitative estimate of drug-likeness (QED) is 0.600. The monoisotopic (exact) mass is 180 g/mol. The number of allylic oxidation sites excluding steroid dienone is 5. The van der Waals surface area contributed by atoms with Crippen molar-refractivity contribution in [3.63, 3.8) is 0 Å². The van der Waals surface area contributed by atoms with Crippen LogP contribution in [0, 0.1) is 5.92 Å². The molecule has 1 rings (SSSR count). The maximum Gasteiger partial charge on any atom is 0.168 e. The highest BCUT2D eigenvalue weighted by atomic mass is 32.1. The average molecular weight is 180 g/mol. The average Bonchev–Trinajstić information content (AvgIpc) is 2.15. The molecule has 1 aliphatic rings. The number of rotatable bonds is 1. The fourth-order valence-corrected chi connectivity index (χ4v) is 1.05. The van der Waals surface area contributed by atoms with Crippen LogP contribution in [0.5, 0.6) is 0 Å². The molecule has 0 saturated heterocycles. The molecular formula is C9H12N2S. The highest BCUT2D eigenvalue weighted by molar-refractivity contribution is 7.80. The summed E-state index contributed by atoms with van der Waals surface area (Å²) in [6, 6.07) is 0. The number of hydrogen-bond donors (Lipinski definition) is 2.